The van der Waals surface area contributed by atoms with Crippen molar-refractivity contribution in [1.82, 2.24) is 9.80 Å². The van der Waals surface area contributed by atoms with E-state index in [9.17, 15) is 9.59 Å². The number of piperidine rings is 1. The van der Waals surface area contributed by atoms with E-state index in [0.29, 0.717) is 35.0 Å². The molecular weight excluding hydrogens is 328 g/mol. The van der Waals surface area contributed by atoms with Crippen LogP contribution in [-0.2, 0) is 9.59 Å². The lowest BCUT2D eigenvalue weighted by Gasteiger charge is -2.33. The highest BCUT2D eigenvalue weighted by molar-refractivity contribution is 6.36. The second-order valence-corrected chi connectivity index (χ2v) is 7.71. The molecule has 0 N–H and O–H groups in total. The molecule has 0 aromatic heterocycles. The molecule has 0 bridgehead atoms. The summed E-state index contributed by atoms with van der Waals surface area (Å²) in [5.41, 5.74) is 1.74. The summed E-state index contributed by atoms with van der Waals surface area (Å²) >= 11 is 0. The Morgan fingerprint density at radius 2 is 1.77 bits per heavy atom. The number of carbonyl (C=O) groups is 2. The van der Waals surface area contributed by atoms with Gasteiger partial charge >= 0.3 is 0 Å². The molecule has 140 valence electrons. The minimum atomic E-state index is -0.207. The number of imide groups is 1. The van der Waals surface area contributed by atoms with Gasteiger partial charge in [0.1, 0.15) is 11.4 Å². The number of hydrogen-bond acceptors (Lipinski definition) is 4. The van der Waals surface area contributed by atoms with Gasteiger partial charge in [0, 0.05) is 25.2 Å². The Bertz CT molecular complexity index is 731. The van der Waals surface area contributed by atoms with E-state index in [2.05, 4.69) is 11.8 Å². The molecule has 26 heavy (non-hydrogen) atoms. The predicted molar refractivity (Wildman–Crippen MR) is 101 cm³/mol. The van der Waals surface area contributed by atoms with Crippen LogP contribution in [0.4, 0.5) is 0 Å². The highest BCUT2D eigenvalue weighted by Crippen LogP contribution is 2.37. The van der Waals surface area contributed by atoms with Gasteiger partial charge in [-0.25, -0.2) is 0 Å². The fraction of sp³-hybridized carbons (Fsp3) is 0.524. The van der Waals surface area contributed by atoms with Gasteiger partial charge in [0.2, 0.25) is 0 Å². The largest absolute Gasteiger partial charge is 0.496 e. The fourth-order valence-electron chi connectivity index (χ4n) is 3.71. The van der Waals surface area contributed by atoms with Crippen LogP contribution in [0, 0.1) is 11.8 Å². The average Bonchev–Trinajstić information content (AvgIpc) is 2.86. The summed E-state index contributed by atoms with van der Waals surface area (Å²) in [5, 5.41) is 0. The second kappa shape index (κ2) is 7.52. The molecule has 0 radical (unpaired) electrons. The Morgan fingerprint density at radius 3 is 2.38 bits per heavy atom. The third-order valence-electron chi connectivity index (χ3n) is 5.17. The fourth-order valence-corrected chi connectivity index (χ4v) is 3.71. The molecule has 0 aliphatic carbocycles. The number of methoxy groups -OCH3 is 1. The van der Waals surface area contributed by atoms with E-state index < -0.39 is 0 Å². The van der Waals surface area contributed by atoms with Crippen molar-refractivity contribution < 1.29 is 14.3 Å². The Labute approximate surface area is 155 Å². The predicted octanol–water partition coefficient (Wildman–Crippen LogP) is 3.16. The zero-order valence-electron chi connectivity index (χ0n) is 16.1. The zero-order valence-corrected chi connectivity index (χ0v) is 16.1. The van der Waals surface area contributed by atoms with Crippen LogP contribution in [0.2, 0.25) is 0 Å². The van der Waals surface area contributed by atoms with Crippen molar-refractivity contribution in [2.45, 2.75) is 33.6 Å². The first-order valence-electron chi connectivity index (χ1n) is 9.42. The number of nitrogens with zero attached hydrogens (tertiary/aromatic N) is 2. The molecule has 1 aromatic rings. The van der Waals surface area contributed by atoms with Gasteiger partial charge in [0.25, 0.3) is 11.8 Å². The number of likely N-dealkylation sites (tertiary alicyclic amines) is 1. The number of rotatable bonds is 5. The highest BCUT2D eigenvalue weighted by Gasteiger charge is 2.42. The van der Waals surface area contributed by atoms with E-state index in [0.717, 1.165) is 25.9 Å². The quantitative estimate of drug-likeness (QED) is 0.761. The van der Waals surface area contributed by atoms with Crippen LogP contribution in [-0.4, -0.2) is 48.4 Å². The maximum absolute atomic E-state index is 13.2. The second-order valence-electron chi connectivity index (χ2n) is 7.71. The third kappa shape index (κ3) is 3.35. The molecule has 0 spiro atoms. The Balaban J connectivity index is 2.09. The van der Waals surface area contributed by atoms with Crippen LogP contribution >= 0.6 is 0 Å². The molecule has 0 saturated carbocycles. The smallest absolute Gasteiger partial charge is 0.277 e. The van der Waals surface area contributed by atoms with Crippen LogP contribution in [0.5, 0.6) is 5.75 Å². The lowest BCUT2D eigenvalue weighted by atomic mass is 9.97. The molecule has 0 atom stereocenters. The molecule has 1 fully saturated rings. The summed E-state index contributed by atoms with van der Waals surface area (Å²) in [5.74, 6) is 1.13. The summed E-state index contributed by atoms with van der Waals surface area (Å²) in [6.45, 7) is 8.32. The van der Waals surface area contributed by atoms with Crippen molar-refractivity contribution in [3.8, 4) is 5.75 Å². The Kier molecular flexibility index (Phi) is 5.35. The number of amides is 2. The van der Waals surface area contributed by atoms with E-state index >= 15 is 0 Å². The summed E-state index contributed by atoms with van der Waals surface area (Å²) in [4.78, 5) is 29.9. The SMILES string of the molecule is COc1ccccc1C1=C(N2CCC(C)CC2)C(=O)N(CC(C)C)C1=O. The molecule has 0 unspecified atom stereocenters. The maximum atomic E-state index is 13.2. The summed E-state index contributed by atoms with van der Waals surface area (Å²) in [6, 6.07) is 7.45. The molecule has 2 aliphatic heterocycles. The van der Waals surface area contributed by atoms with Gasteiger partial charge in [-0.05, 0) is 30.7 Å². The topological polar surface area (TPSA) is 49.9 Å². The van der Waals surface area contributed by atoms with Crippen molar-refractivity contribution in [2.24, 2.45) is 11.8 Å². The zero-order chi connectivity index (χ0) is 18.8. The lowest BCUT2D eigenvalue weighted by Crippen LogP contribution is -2.39. The van der Waals surface area contributed by atoms with Gasteiger partial charge in [0.15, 0.2) is 0 Å². The first-order valence-corrected chi connectivity index (χ1v) is 9.42. The molecule has 1 aromatic carbocycles. The highest BCUT2D eigenvalue weighted by atomic mass is 16.5. The van der Waals surface area contributed by atoms with E-state index in [4.69, 9.17) is 4.74 Å². The van der Waals surface area contributed by atoms with Gasteiger partial charge in [-0.1, -0.05) is 39.0 Å². The monoisotopic (exact) mass is 356 g/mol. The van der Waals surface area contributed by atoms with E-state index in [1.807, 2.05) is 38.1 Å². The van der Waals surface area contributed by atoms with Gasteiger partial charge in [0.05, 0.1) is 12.7 Å². The van der Waals surface area contributed by atoms with Crippen molar-refractivity contribution in [3.05, 3.63) is 35.5 Å². The molecule has 2 amide bonds. The molecule has 5 nitrogen and oxygen atoms in total. The number of hydrogen-bond donors (Lipinski definition) is 0. The van der Waals surface area contributed by atoms with E-state index in [1.54, 1.807) is 7.11 Å². The average molecular weight is 356 g/mol. The van der Waals surface area contributed by atoms with Gasteiger partial charge in [-0.15, -0.1) is 0 Å². The minimum Gasteiger partial charge on any atom is -0.496 e. The maximum Gasteiger partial charge on any atom is 0.277 e. The Hall–Kier alpha value is -2.30. The number of ether oxygens (including phenoxy) is 1. The first-order chi connectivity index (χ1) is 12.4. The minimum absolute atomic E-state index is 0.167. The van der Waals surface area contributed by atoms with Crippen molar-refractivity contribution in [2.75, 3.05) is 26.7 Å². The third-order valence-corrected chi connectivity index (χ3v) is 5.17. The normalized spacial score (nSPS) is 19.1. The van der Waals surface area contributed by atoms with Crippen LogP contribution in [0.1, 0.15) is 39.2 Å². The van der Waals surface area contributed by atoms with Crippen molar-refractivity contribution in [3.63, 3.8) is 0 Å². The standard InChI is InChI=1S/C21H28N2O3/c1-14(2)13-23-20(24)18(16-7-5-6-8-17(16)26-4)19(21(23)25)22-11-9-15(3)10-12-22/h5-8,14-15H,9-13H2,1-4H3. The lowest BCUT2D eigenvalue weighted by molar-refractivity contribution is -0.138. The number of benzene rings is 1. The summed E-state index contributed by atoms with van der Waals surface area (Å²) in [7, 11) is 1.59. The van der Waals surface area contributed by atoms with Crippen molar-refractivity contribution in [1.29, 1.82) is 0 Å². The van der Waals surface area contributed by atoms with Crippen molar-refractivity contribution >= 4 is 17.4 Å². The van der Waals surface area contributed by atoms with E-state index in [-0.39, 0.29) is 17.7 Å². The van der Waals surface area contributed by atoms with Crippen LogP contribution in [0.25, 0.3) is 5.57 Å². The number of carbonyl (C=O) groups excluding carboxylic acids is 2. The molecule has 5 heteroatoms. The molecular formula is C21H28N2O3. The van der Waals surface area contributed by atoms with Gasteiger partial charge < -0.3 is 9.64 Å². The molecule has 1 saturated heterocycles. The first kappa shape index (κ1) is 18.5. The molecule has 2 aliphatic rings. The molecule has 2 heterocycles. The van der Waals surface area contributed by atoms with Gasteiger partial charge in [-0.3, -0.25) is 14.5 Å². The van der Waals surface area contributed by atoms with E-state index in [1.165, 1.54) is 4.90 Å². The van der Waals surface area contributed by atoms with Crippen LogP contribution in [0.3, 0.4) is 0 Å². The van der Waals surface area contributed by atoms with Gasteiger partial charge in [-0.2, -0.15) is 0 Å². The summed E-state index contributed by atoms with van der Waals surface area (Å²) in [6.07, 6.45) is 2.07. The summed E-state index contributed by atoms with van der Waals surface area (Å²) < 4.78 is 5.48. The number of para-hydroxylation sites is 1. The van der Waals surface area contributed by atoms with Crippen LogP contribution in [0.15, 0.2) is 30.0 Å². The Morgan fingerprint density at radius 1 is 1.12 bits per heavy atom. The van der Waals surface area contributed by atoms with Crippen LogP contribution < -0.4 is 4.74 Å². The molecule has 3 rings (SSSR count).